The Morgan fingerprint density at radius 3 is 3.00 bits per heavy atom. The highest BCUT2D eigenvalue weighted by Gasteiger charge is 2.14. The second-order valence-corrected chi connectivity index (χ2v) is 5.04. The summed E-state index contributed by atoms with van der Waals surface area (Å²) in [5, 5.41) is 15.8. The van der Waals surface area contributed by atoms with Crippen LogP contribution in [0, 0.1) is 0 Å². The molecule has 5 nitrogen and oxygen atoms in total. The summed E-state index contributed by atoms with van der Waals surface area (Å²) >= 11 is 4.64. The van der Waals surface area contributed by atoms with Gasteiger partial charge in [0.2, 0.25) is 0 Å². The van der Waals surface area contributed by atoms with Crippen molar-refractivity contribution in [2.75, 3.05) is 0 Å². The molecule has 1 amide bonds. The minimum atomic E-state index is -0.183. The van der Waals surface area contributed by atoms with E-state index in [4.69, 9.17) is 10.9 Å². The van der Waals surface area contributed by atoms with Crippen LogP contribution in [0.2, 0.25) is 0 Å². The average molecular weight is 306 g/mol. The van der Waals surface area contributed by atoms with Crippen molar-refractivity contribution in [2.24, 2.45) is 10.9 Å². The highest BCUT2D eigenvalue weighted by molar-refractivity contribution is 9.10. The minimum absolute atomic E-state index is 0.0954. The summed E-state index contributed by atoms with van der Waals surface area (Å²) in [5.41, 5.74) is 5.34. The zero-order valence-electron chi connectivity index (χ0n) is 8.61. The number of amidine groups is 1. The Kier molecular flexibility index (Phi) is 4.75. The number of nitrogens with zero attached hydrogens (tertiary/aromatic N) is 1. The molecule has 1 heterocycles. The van der Waals surface area contributed by atoms with E-state index in [-0.39, 0.29) is 17.8 Å². The van der Waals surface area contributed by atoms with E-state index in [1.165, 1.54) is 11.3 Å². The fourth-order valence-corrected chi connectivity index (χ4v) is 2.61. The van der Waals surface area contributed by atoms with Crippen LogP contribution in [0.3, 0.4) is 0 Å². The monoisotopic (exact) mass is 305 g/mol. The molecule has 0 aliphatic rings. The number of amides is 1. The molecule has 7 heteroatoms. The zero-order chi connectivity index (χ0) is 12.1. The average Bonchev–Trinajstić information content (AvgIpc) is 2.63. The number of carbonyl (C=O) groups excluding carboxylic acids is 1. The molecule has 0 aromatic carbocycles. The minimum Gasteiger partial charge on any atom is -0.409 e. The number of nitrogens with one attached hydrogen (secondary N) is 1. The summed E-state index contributed by atoms with van der Waals surface area (Å²) in [6.45, 7) is 1.79. The summed E-state index contributed by atoms with van der Waals surface area (Å²) in [7, 11) is 0. The van der Waals surface area contributed by atoms with Crippen LogP contribution in [0.15, 0.2) is 21.1 Å². The normalized spacial score (nSPS) is 13.5. The topological polar surface area (TPSA) is 87.7 Å². The molecule has 0 saturated carbocycles. The fourth-order valence-electron chi connectivity index (χ4n) is 1.15. The molecular formula is C9H12BrN3O2S. The molecule has 0 aliphatic heterocycles. The fraction of sp³-hybridized carbons (Fsp3) is 0.333. The first kappa shape index (κ1) is 13.0. The Morgan fingerprint density at radius 1 is 1.81 bits per heavy atom. The number of rotatable bonds is 4. The summed E-state index contributed by atoms with van der Waals surface area (Å²) in [4.78, 5) is 12.3. The van der Waals surface area contributed by atoms with Gasteiger partial charge in [-0.25, -0.2) is 0 Å². The lowest BCUT2D eigenvalue weighted by Crippen LogP contribution is -2.35. The van der Waals surface area contributed by atoms with Gasteiger partial charge < -0.3 is 16.3 Å². The van der Waals surface area contributed by atoms with Crippen molar-refractivity contribution in [1.82, 2.24) is 5.32 Å². The van der Waals surface area contributed by atoms with E-state index in [2.05, 4.69) is 26.4 Å². The molecule has 1 aromatic rings. The van der Waals surface area contributed by atoms with Crippen LogP contribution in [0.5, 0.6) is 0 Å². The molecule has 4 N–H and O–H groups in total. The Bertz CT molecular complexity index is 405. The van der Waals surface area contributed by atoms with Gasteiger partial charge in [0.1, 0.15) is 10.7 Å². The Hall–Kier alpha value is -1.08. The third-order valence-corrected chi connectivity index (χ3v) is 3.68. The lowest BCUT2D eigenvalue weighted by molar-refractivity contribution is 0.0944. The SMILES string of the molecule is CC(CC(N)=NO)NC(=O)c1sccc1Br. The van der Waals surface area contributed by atoms with Crippen LogP contribution in [-0.4, -0.2) is 23.0 Å². The van der Waals surface area contributed by atoms with Gasteiger partial charge in [0.15, 0.2) is 0 Å². The van der Waals surface area contributed by atoms with Crippen LogP contribution in [-0.2, 0) is 0 Å². The maximum absolute atomic E-state index is 11.7. The highest BCUT2D eigenvalue weighted by Crippen LogP contribution is 2.22. The van der Waals surface area contributed by atoms with Gasteiger partial charge in [-0.2, -0.15) is 0 Å². The standard InChI is InChI=1S/C9H12BrN3O2S/c1-5(4-7(11)13-15)12-9(14)8-6(10)2-3-16-8/h2-3,5,15H,4H2,1H3,(H2,11,13)(H,12,14). The molecule has 1 rings (SSSR count). The molecule has 16 heavy (non-hydrogen) atoms. The van der Waals surface area contributed by atoms with Gasteiger partial charge in [-0.1, -0.05) is 5.16 Å². The molecule has 0 fully saturated rings. The molecule has 0 spiro atoms. The zero-order valence-corrected chi connectivity index (χ0v) is 11.0. The number of halogens is 1. The number of nitrogens with two attached hydrogens (primary N) is 1. The van der Waals surface area contributed by atoms with Gasteiger partial charge >= 0.3 is 0 Å². The van der Waals surface area contributed by atoms with Gasteiger partial charge in [0, 0.05) is 16.9 Å². The predicted molar refractivity (Wildman–Crippen MR) is 67.0 cm³/mol. The van der Waals surface area contributed by atoms with Crippen molar-refractivity contribution in [1.29, 1.82) is 0 Å². The second-order valence-electron chi connectivity index (χ2n) is 3.27. The first-order valence-electron chi connectivity index (χ1n) is 4.55. The van der Waals surface area contributed by atoms with E-state index in [0.717, 1.165) is 4.47 Å². The molecule has 1 atom stereocenters. The Labute approximate surface area is 105 Å². The third-order valence-electron chi connectivity index (χ3n) is 1.84. The molecule has 0 bridgehead atoms. The van der Waals surface area contributed by atoms with Crippen LogP contribution >= 0.6 is 27.3 Å². The number of hydrogen-bond donors (Lipinski definition) is 3. The molecule has 1 aromatic heterocycles. The number of thiophene rings is 1. The smallest absolute Gasteiger partial charge is 0.262 e. The summed E-state index contributed by atoms with van der Waals surface area (Å²) < 4.78 is 0.769. The summed E-state index contributed by atoms with van der Waals surface area (Å²) in [6, 6.07) is 1.63. The molecule has 0 aliphatic carbocycles. The van der Waals surface area contributed by atoms with Crippen molar-refractivity contribution in [3.63, 3.8) is 0 Å². The van der Waals surface area contributed by atoms with Gasteiger partial charge in [-0.05, 0) is 34.3 Å². The largest absolute Gasteiger partial charge is 0.409 e. The highest BCUT2D eigenvalue weighted by atomic mass is 79.9. The number of hydrogen-bond acceptors (Lipinski definition) is 4. The molecule has 88 valence electrons. The molecular weight excluding hydrogens is 294 g/mol. The number of oxime groups is 1. The maximum atomic E-state index is 11.7. The first-order valence-corrected chi connectivity index (χ1v) is 6.22. The van der Waals surface area contributed by atoms with E-state index in [0.29, 0.717) is 11.3 Å². The quantitative estimate of drug-likeness (QED) is 0.343. The van der Waals surface area contributed by atoms with Crippen molar-refractivity contribution >= 4 is 39.0 Å². The van der Waals surface area contributed by atoms with E-state index in [1.54, 1.807) is 6.92 Å². The van der Waals surface area contributed by atoms with Crippen LogP contribution in [0.1, 0.15) is 23.0 Å². The van der Waals surface area contributed by atoms with Crippen LogP contribution < -0.4 is 11.1 Å². The summed E-state index contributed by atoms with van der Waals surface area (Å²) in [5.74, 6) is -0.0711. The predicted octanol–water partition coefficient (Wildman–Crippen LogP) is 1.77. The molecule has 0 radical (unpaired) electrons. The van der Waals surface area contributed by atoms with Crippen molar-refractivity contribution in [3.8, 4) is 0 Å². The lowest BCUT2D eigenvalue weighted by atomic mass is 10.2. The molecule has 0 saturated heterocycles. The third kappa shape index (κ3) is 3.49. The van der Waals surface area contributed by atoms with E-state index >= 15 is 0 Å². The lowest BCUT2D eigenvalue weighted by Gasteiger charge is -2.12. The second kappa shape index (κ2) is 5.86. The van der Waals surface area contributed by atoms with Gasteiger partial charge in [0.05, 0.1) is 0 Å². The van der Waals surface area contributed by atoms with E-state index in [1.807, 2.05) is 11.4 Å². The van der Waals surface area contributed by atoms with E-state index in [9.17, 15) is 4.79 Å². The van der Waals surface area contributed by atoms with Crippen molar-refractivity contribution < 1.29 is 10.0 Å². The Morgan fingerprint density at radius 2 is 2.50 bits per heavy atom. The number of carbonyl (C=O) groups is 1. The van der Waals surface area contributed by atoms with Crippen LogP contribution in [0.25, 0.3) is 0 Å². The van der Waals surface area contributed by atoms with E-state index < -0.39 is 0 Å². The van der Waals surface area contributed by atoms with Gasteiger partial charge in [-0.15, -0.1) is 11.3 Å². The molecule has 1 unspecified atom stereocenters. The Balaban J connectivity index is 2.55. The van der Waals surface area contributed by atoms with Gasteiger partial charge in [-0.3, -0.25) is 4.79 Å². The first-order chi connectivity index (χ1) is 7.54. The summed E-state index contributed by atoms with van der Waals surface area (Å²) in [6.07, 6.45) is 0.311. The van der Waals surface area contributed by atoms with Crippen molar-refractivity contribution in [3.05, 3.63) is 20.8 Å². The maximum Gasteiger partial charge on any atom is 0.262 e. The van der Waals surface area contributed by atoms with Crippen molar-refractivity contribution in [2.45, 2.75) is 19.4 Å². The van der Waals surface area contributed by atoms with Crippen LogP contribution in [0.4, 0.5) is 0 Å². The van der Waals surface area contributed by atoms with Gasteiger partial charge in [0.25, 0.3) is 5.91 Å².